The van der Waals surface area contributed by atoms with Crippen LogP contribution >= 0.6 is 0 Å². The van der Waals surface area contributed by atoms with Crippen molar-refractivity contribution >= 4 is 0 Å². The van der Waals surface area contributed by atoms with Crippen LogP contribution in [-0.2, 0) is 13.2 Å². The Kier molecular flexibility index (Phi) is 4.36. The third kappa shape index (κ3) is 3.11. The lowest BCUT2D eigenvalue weighted by molar-refractivity contribution is 0.298. The summed E-state index contributed by atoms with van der Waals surface area (Å²) in [6.07, 6.45) is 3.46. The van der Waals surface area contributed by atoms with Gasteiger partial charge in [0.1, 0.15) is 18.1 Å². The van der Waals surface area contributed by atoms with Crippen molar-refractivity contribution in [3.05, 3.63) is 47.7 Å². The number of nitrogens with zero attached hydrogens (tertiary/aromatic N) is 1. The van der Waals surface area contributed by atoms with Gasteiger partial charge in [0.25, 0.3) is 0 Å². The zero-order chi connectivity index (χ0) is 12.8. The van der Waals surface area contributed by atoms with Gasteiger partial charge in [-0.2, -0.15) is 0 Å². The van der Waals surface area contributed by atoms with Gasteiger partial charge in [-0.05, 0) is 31.7 Å². The Labute approximate surface area is 107 Å². The first kappa shape index (κ1) is 12.6. The molecule has 0 aliphatic heterocycles. The van der Waals surface area contributed by atoms with Crippen molar-refractivity contribution in [1.29, 1.82) is 0 Å². The zero-order valence-corrected chi connectivity index (χ0v) is 10.8. The number of nitrogens with one attached hydrogen (secondary N) is 1. The number of furan rings is 1. The molecule has 0 fully saturated rings. The van der Waals surface area contributed by atoms with E-state index in [-0.39, 0.29) is 0 Å². The Hall–Kier alpha value is -1.81. The van der Waals surface area contributed by atoms with E-state index in [1.807, 2.05) is 25.1 Å². The van der Waals surface area contributed by atoms with E-state index in [4.69, 9.17) is 9.15 Å². The van der Waals surface area contributed by atoms with Crippen LogP contribution in [0.1, 0.15) is 23.9 Å². The standard InChI is InChI=1S/C14H18N2O2/c1-3-15-9-14-12(6-8-17-14)10-18-13-5-4-7-16-11(13)2/h4-8,15H,3,9-10H2,1-2H3. The molecule has 0 saturated carbocycles. The van der Waals surface area contributed by atoms with E-state index in [0.29, 0.717) is 6.61 Å². The first-order valence-electron chi connectivity index (χ1n) is 6.11. The molecule has 0 aromatic carbocycles. The molecule has 0 radical (unpaired) electrons. The molecule has 2 rings (SSSR count). The van der Waals surface area contributed by atoms with Crippen LogP contribution in [0.2, 0.25) is 0 Å². The second-order valence-electron chi connectivity index (χ2n) is 4.02. The van der Waals surface area contributed by atoms with Gasteiger partial charge in [0.05, 0.1) is 18.5 Å². The first-order chi connectivity index (χ1) is 8.81. The molecule has 0 atom stereocenters. The monoisotopic (exact) mass is 246 g/mol. The van der Waals surface area contributed by atoms with Crippen LogP contribution in [0, 0.1) is 6.92 Å². The van der Waals surface area contributed by atoms with Crippen molar-refractivity contribution in [3.8, 4) is 5.75 Å². The molecule has 4 nitrogen and oxygen atoms in total. The smallest absolute Gasteiger partial charge is 0.141 e. The molecule has 0 unspecified atom stereocenters. The van der Waals surface area contributed by atoms with Gasteiger partial charge >= 0.3 is 0 Å². The third-order valence-electron chi connectivity index (χ3n) is 2.71. The number of rotatable bonds is 6. The van der Waals surface area contributed by atoms with Gasteiger partial charge in [-0.25, -0.2) is 0 Å². The Bertz CT molecular complexity index is 494. The van der Waals surface area contributed by atoms with Gasteiger partial charge in [0.15, 0.2) is 0 Å². The van der Waals surface area contributed by atoms with Gasteiger partial charge in [-0.15, -0.1) is 0 Å². The van der Waals surface area contributed by atoms with E-state index < -0.39 is 0 Å². The highest BCUT2D eigenvalue weighted by atomic mass is 16.5. The molecular formula is C14H18N2O2. The fourth-order valence-electron chi connectivity index (χ4n) is 1.67. The molecule has 0 bridgehead atoms. The molecule has 0 saturated heterocycles. The van der Waals surface area contributed by atoms with Crippen molar-refractivity contribution in [1.82, 2.24) is 10.3 Å². The minimum absolute atomic E-state index is 0.504. The zero-order valence-electron chi connectivity index (χ0n) is 10.8. The normalized spacial score (nSPS) is 10.6. The summed E-state index contributed by atoms with van der Waals surface area (Å²) in [5, 5.41) is 3.24. The number of pyridine rings is 1. The summed E-state index contributed by atoms with van der Waals surface area (Å²) in [5.41, 5.74) is 1.97. The number of ether oxygens (including phenoxy) is 1. The Morgan fingerprint density at radius 2 is 2.28 bits per heavy atom. The average Bonchev–Trinajstić information content (AvgIpc) is 2.83. The maximum absolute atomic E-state index is 5.75. The van der Waals surface area contributed by atoms with Gasteiger partial charge in [-0.1, -0.05) is 6.92 Å². The molecule has 2 aromatic rings. The first-order valence-corrected chi connectivity index (χ1v) is 6.11. The molecule has 2 heterocycles. The highest BCUT2D eigenvalue weighted by Crippen LogP contribution is 2.18. The van der Waals surface area contributed by atoms with Gasteiger partial charge in [0.2, 0.25) is 0 Å². The van der Waals surface area contributed by atoms with E-state index in [0.717, 1.165) is 35.9 Å². The summed E-state index contributed by atoms with van der Waals surface area (Å²) in [4.78, 5) is 4.19. The summed E-state index contributed by atoms with van der Waals surface area (Å²) in [5.74, 6) is 1.74. The molecular weight excluding hydrogens is 228 g/mol. The molecule has 2 aromatic heterocycles. The lowest BCUT2D eigenvalue weighted by Crippen LogP contribution is -2.12. The summed E-state index contributed by atoms with van der Waals surface area (Å²) in [6.45, 7) is 6.16. The number of hydrogen-bond acceptors (Lipinski definition) is 4. The quantitative estimate of drug-likeness (QED) is 0.851. The van der Waals surface area contributed by atoms with Gasteiger partial charge in [-0.3, -0.25) is 4.98 Å². The Morgan fingerprint density at radius 1 is 1.39 bits per heavy atom. The van der Waals surface area contributed by atoms with E-state index in [1.54, 1.807) is 12.5 Å². The van der Waals surface area contributed by atoms with Crippen LogP contribution in [0.15, 0.2) is 35.1 Å². The van der Waals surface area contributed by atoms with Crippen molar-refractivity contribution in [2.45, 2.75) is 27.0 Å². The largest absolute Gasteiger partial charge is 0.487 e. The molecule has 1 N–H and O–H groups in total. The summed E-state index contributed by atoms with van der Waals surface area (Å²) >= 11 is 0. The van der Waals surface area contributed by atoms with Gasteiger partial charge < -0.3 is 14.5 Å². The second kappa shape index (κ2) is 6.21. The van der Waals surface area contributed by atoms with Gasteiger partial charge in [0, 0.05) is 11.8 Å². The van der Waals surface area contributed by atoms with Crippen LogP contribution in [0.25, 0.3) is 0 Å². The molecule has 0 amide bonds. The molecule has 18 heavy (non-hydrogen) atoms. The highest BCUT2D eigenvalue weighted by molar-refractivity contribution is 5.26. The van der Waals surface area contributed by atoms with Crippen LogP contribution in [0.5, 0.6) is 5.75 Å². The molecule has 96 valence electrons. The summed E-state index contributed by atoms with van der Waals surface area (Å²) in [7, 11) is 0. The molecule has 0 spiro atoms. The van der Waals surface area contributed by atoms with E-state index in [1.165, 1.54) is 0 Å². The van der Waals surface area contributed by atoms with Crippen LogP contribution in [-0.4, -0.2) is 11.5 Å². The average molecular weight is 246 g/mol. The topological polar surface area (TPSA) is 47.3 Å². The lowest BCUT2D eigenvalue weighted by atomic mass is 10.2. The van der Waals surface area contributed by atoms with Crippen molar-refractivity contribution in [3.63, 3.8) is 0 Å². The van der Waals surface area contributed by atoms with Crippen LogP contribution in [0.3, 0.4) is 0 Å². The second-order valence-corrected chi connectivity index (χ2v) is 4.02. The van der Waals surface area contributed by atoms with Crippen LogP contribution in [0.4, 0.5) is 0 Å². The predicted molar refractivity (Wildman–Crippen MR) is 69.4 cm³/mol. The summed E-state index contributed by atoms with van der Waals surface area (Å²) in [6, 6.07) is 5.74. The maximum atomic E-state index is 5.75. The Morgan fingerprint density at radius 3 is 3.06 bits per heavy atom. The Balaban J connectivity index is 1.98. The van der Waals surface area contributed by atoms with E-state index in [9.17, 15) is 0 Å². The van der Waals surface area contributed by atoms with E-state index in [2.05, 4.69) is 17.2 Å². The maximum Gasteiger partial charge on any atom is 0.141 e. The minimum Gasteiger partial charge on any atom is -0.487 e. The fraction of sp³-hybridized carbons (Fsp3) is 0.357. The number of aromatic nitrogens is 1. The van der Waals surface area contributed by atoms with Crippen molar-refractivity contribution in [2.24, 2.45) is 0 Å². The number of hydrogen-bond donors (Lipinski definition) is 1. The van der Waals surface area contributed by atoms with Crippen molar-refractivity contribution in [2.75, 3.05) is 6.54 Å². The third-order valence-corrected chi connectivity index (χ3v) is 2.71. The van der Waals surface area contributed by atoms with Crippen molar-refractivity contribution < 1.29 is 9.15 Å². The SMILES string of the molecule is CCNCc1occc1COc1cccnc1C. The predicted octanol–water partition coefficient (Wildman–Crippen LogP) is 2.67. The lowest BCUT2D eigenvalue weighted by Gasteiger charge is -2.08. The molecule has 0 aliphatic rings. The fourth-order valence-corrected chi connectivity index (χ4v) is 1.67. The molecule has 0 aliphatic carbocycles. The number of aryl methyl sites for hydroxylation is 1. The van der Waals surface area contributed by atoms with E-state index >= 15 is 0 Å². The summed E-state index contributed by atoms with van der Waals surface area (Å²) < 4.78 is 11.2. The molecule has 4 heteroatoms. The van der Waals surface area contributed by atoms with Crippen LogP contribution < -0.4 is 10.1 Å². The highest BCUT2D eigenvalue weighted by Gasteiger charge is 2.07. The minimum atomic E-state index is 0.504.